The minimum Gasteiger partial charge on any atom is -0.332 e. The highest BCUT2D eigenvalue weighted by Crippen LogP contribution is 2.19. The summed E-state index contributed by atoms with van der Waals surface area (Å²) in [4.78, 5) is 12.0. The molecular formula is C16H15ClN2OS. The van der Waals surface area contributed by atoms with Crippen molar-refractivity contribution in [1.29, 1.82) is 0 Å². The van der Waals surface area contributed by atoms with Gasteiger partial charge in [0.05, 0.1) is 0 Å². The van der Waals surface area contributed by atoms with Gasteiger partial charge in [-0.05, 0) is 61.5 Å². The highest BCUT2D eigenvalue weighted by atomic mass is 35.5. The molecule has 0 aliphatic rings. The van der Waals surface area contributed by atoms with Crippen molar-refractivity contribution >= 4 is 40.5 Å². The molecule has 2 aromatic carbocycles. The summed E-state index contributed by atoms with van der Waals surface area (Å²) in [6.45, 7) is 3.97. The summed E-state index contributed by atoms with van der Waals surface area (Å²) in [5.74, 6) is -0.268. The SMILES string of the molecule is Cc1cccc(C)c1NC(=S)NC(=O)c1ccc(Cl)cc1. The minimum absolute atomic E-state index is 0.268. The van der Waals surface area contributed by atoms with Crippen molar-refractivity contribution in [3.05, 3.63) is 64.2 Å². The number of thiocarbonyl (C=S) groups is 1. The summed E-state index contributed by atoms with van der Waals surface area (Å²) >= 11 is 11.0. The number of carbonyl (C=O) groups excluding carboxylic acids is 1. The lowest BCUT2D eigenvalue weighted by Crippen LogP contribution is -2.34. The molecule has 0 heterocycles. The van der Waals surface area contributed by atoms with Crippen molar-refractivity contribution in [3.8, 4) is 0 Å². The molecule has 108 valence electrons. The van der Waals surface area contributed by atoms with Gasteiger partial charge in [0.25, 0.3) is 5.91 Å². The van der Waals surface area contributed by atoms with Gasteiger partial charge in [0, 0.05) is 16.3 Å². The Hall–Kier alpha value is -1.91. The third kappa shape index (κ3) is 4.03. The summed E-state index contributed by atoms with van der Waals surface area (Å²) < 4.78 is 0. The van der Waals surface area contributed by atoms with Crippen molar-refractivity contribution in [1.82, 2.24) is 5.32 Å². The van der Waals surface area contributed by atoms with Crippen LogP contribution in [-0.2, 0) is 0 Å². The first kappa shape index (κ1) is 15.5. The Bertz CT molecular complexity index is 663. The Morgan fingerprint density at radius 2 is 1.62 bits per heavy atom. The third-order valence-electron chi connectivity index (χ3n) is 3.05. The number of halogens is 1. The Labute approximate surface area is 134 Å². The number of para-hydroxylation sites is 1. The Balaban J connectivity index is 2.05. The normalized spacial score (nSPS) is 10.0. The average Bonchev–Trinajstić information content (AvgIpc) is 2.43. The Morgan fingerprint density at radius 3 is 2.19 bits per heavy atom. The van der Waals surface area contributed by atoms with Crippen molar-refractivity contribution in [2.45, 2.75) is 13.8 Å². The van der Waals surface area contributed by atoms with Gasteiger partial charge in [0.1, 0.15) is 0 Å². The lowest BCUT2D eigenvalue weighted by atomic mass is 10.1. The van der Waals surface area contributed by atoms with Gasteiger partial charge in [-0.3, -0.25) is 10.1 Å². The van der Waals surface area contributed by atoms with Crippen molar-refractivity contribution in [2.24, 2.45) is 0 Å². The fourth-order valence-electron chi connectivity index (χ4n) is 1.93. The van der Waals surface area contributed by atoms with E-state index in [0.717, 1.165) is 16.8 Å². The summed E-state index contributed by atoms with van der Waals surface area (Å²) in [7, 11) is 0. The van der Waals surface area contributed by atoms with Crippen molar-refractivity contribution in [2.75, 3.05) is 5.32 Å². The van der Waals surface area contributed by atoms with Gasteiger partial charge in [-0.25, -0.2) is 0 Å². The summed E-state index contributed by atoms with van der Waals surface area (Å²) in [6, 6.07) is 12.6. The third-order valence-corrected chi connectivity index (χ3v) is 3.51. The number of nitrogens with one attached hydrogen (secondary N) is 2. The molecule has 0 aliphatic carbocycles. The molecule has 3 nitrogen and oxygen atoms in total. The smallest absolute Gasteiger partial charge is 0.257 e. The van der Waals surface area contributed by atoms with Crippen LogP contribution in [0, 0.1) is 13.8 Å². The number of hydrogen-bond acceptors (Lipinski definition) is 2. The Kier molecular flexibility index (Phi) is 4.94. The molecule has 2 aromatic rings. The second kappa shape index (κ2) is 6.70. The molecule has 1 amide bonds. The highest BCUT2D eigenvalue weighted by molar-refractivity contribution is 7.80. The van der Waals surface area contributed by atoms with E-state index in [1.165, 1.54) is 0 Å². The van der Waals surface area contributed by atoms with E-state index in [1.807, 2.05) is 32.0 Å². The molecule has 0 saturated heterocycles. The second-order valence-electron chi connectivity index (χ2n) is 4.68. The van der Waals surface area contributed by atoms with E-state index >= 15 is 0 Å². The van der Waals surface area contributed by atoms with Crippen molar-refractivity contribution in [3.63, 3.8) is 0 Å². The molecule has 0 aliphatic heterocycles. The Morgan fingerprint density at radius 1 is 1.05 bits per heavy atom. The fraction of sp³-hybridized carbons (Fsp3) is 0.125. The predicted octanol–water partition coefficient (Wildman–Crippen LogP) is 4.08. The number of amides is 1. The van der Waals surface area contributed by atoms with E-state index in [4.69, 9.17) is 23.8 Å². The number of anilines is 1. The average molecular weight is 319 g/mol. The van der Waals surface area contributed by atoms with Crippen LogP contribution in [0.1, 0.15) is 21.5 Å². The lowest BCUT2D eigenvalue weighted by molar-refractivity contribution is 0.0978. The van der Waals surface area contributed by atoms with Gasteiger partial charge in [0.2, 0.25) is 0 Å². The monoisotopic (exact) mass is 318 g/mol. The maximum Gasteiger partial charge on any atom is 0.257 e. The number of carbonyl (C=O) groups is 1. The molecule has 0 spiro atoms. The van der Waals surface area contributed by atoms with E-state index in [1.54, 1.807) is 24.3 Å². The summed E-state index contributed by atoms with van der Waals surface area (Å²) in [5, 5.41) is 6.58. The molecule has 0 unspecified atom stereocenters. The topological polar surface area (TPSA) is 41.1 Å². The van der Waals surface area contributed by atoms with Gasteiger partial charge >= 0.3 is 0 Å². The van der Waals surface area contributed by atoms with Crippen LogP contribution in [0.5, 0.6) is 0 Å². The number of benzene rings is 2. The van der Waals surface area contributed by atoms with Gasteiger partial charge in [-0.15, -0.1) is 0 Å². The first-order valence-corrected chi connectivity index (χ1v) is 7.20. The van der Waals surface area contributed by atoms with E-state index in [-0.39, 0.29) is 11.0 Å². The zero-order chi connectivity index (χ0) is 15.4. The van der Waals surface area contributed by atoms with Crippen LogP contribution in [0.2, 0.25) is 5.02 Å². The molecule has 0 fully saturated rings. The van der Waals surface area contributed by atoms with E-state index in [2.05, 4.69) is 10.6 Å². The summed E-state index contributed by atoms with van der Waals surface area (Å²) in [5.41, 5.74) is 3.56. The standard InChI is InChI=1S/C16H15ClN2OS/c1-10-4-3-5-11(2)14(10)18-16(21)19-15(20)12-6-8-13(17)9-7-12/h3-9H,1-2H3,(H2,18,19,20,21). The molecule has 0 atom stereocenters. The van der Waals surface area contributed by atoms with Gasteiger partial charge < -0.3 is 5.32 Å². The maximum atomic E-state index is 12.0. The predicted molar refractivity (Wildman–Crippen MR) is 91.1 cm³/mol. The molecule has 0 saturated carbocycles. The van der Waals surface area contributed by atoms with Gasteiger partial charge in [-0.2, -0.15) is 0 Å². The van der Waals surface area contributed by atoms with Crippen LogP contribution in [-0.4, -0.2) is 11.0 Å². The highest BCUT2D eigenvalue weighted by Gasteiger charge is 2.09. The van der Waals surface area contributed by atoms with Crippen LogP contribution in [0.15, 0.2) is 42.5 Å². The number of rotatable bonds is 2. The minimum atomic E-state index is -0.268. The summed E-state index contributed by atoms with van der Waals surface area (Å²) in [6.07, 6.45) is 0. The van der Waals surface area contributed by atoms with E-state index in [9.17, 15) is 4.79 Å². The van der Waals surface area contributed by atoms with Crippen LogP contribution in [0.3, 0.4) is 0 Å². The van der Waals surface area contributed by atoms with Crippen LogP contribution >= 0.6 is 23.8 Å². The molecule has 0 bridgehead atoms. The zero-order valence-corrected chi connectivity index (χ0v) is 13.3. The molecule has 2 N–H and O–H groups in total. The zero-order valence-electron chi connectivity index (χ0n) is 11.7. The molecule has 5 heteroatoms. The molecular weight excluding hydrogens is 304 g/mol. The maximum absolute atomic E-state index is 12.0. The van der Waals surface area contributed by atoms with Crippen LogP contribution < -0.4 is 10.6 Å². The van der Waals surface area contributed by atoms with Crippen LogP contribution in [0.4, 0.5) is 5.69 Å². The molecule has 0 aromatic heterocycles. The molecule has 2 rings (SSSR count). The van der Waals surface area contributed by atoms with Crippen molar-refractivity contribution < 1.29 is 4.79 Å². The quantitative estimate of drug-likeness (QED) is 0.820. The van der Waals surface area contributed by atoms with E-state index < -0.39 is 0 Å². The van der Waals surface area contributed by atoms with Gasteiger partial charge in [0.15, 0.2) is 5.11 Å². The number of aryl methyl sites for hydroxylation is 2. The van der Waals surface area contributed by atoms with Gasteiger partial charge in [-0.1, -0.05) is 29.8 Å². The molecule has 21 heavy (non-hydrogen) atoms. The number of hydrogen-bond donors (Lipinski definition) is 2. The van der Waals surface area contributed by atoms with Crippen LogP contribution in [0.25, 0.3) is 0 Å². The first-order valence-electron chi connectivity index (χ1n) is 6.41. The fourth-order valence-corrected chi connectivity index (χ4v) is 2.25. The first-order chi connectivity index (χ1) is 9.97. The molecule has 0 radical (unpaired) electrons. The second-order valence-corrected chi connectivity index (χ2v) is 5.53. The largest absolute Gasteiger partial charge is 0.332 e. The van der Waals surface area contributed by atoms with E-state index in [0.29, 0.717) is 10.6 Å². The lowest BCUT2D eigenvalue weighted by Gasteiger charge is -2.14.